The second-order valence-corrected chi connectivity index (χ2v) is 8.00. The van der Waals surface area contributed by atoms with Crippen LogP contribution in [0.3, 0.4) is 0 Å². The van der Waals surface area contributed by atoms with Crippen LogP contribution in [0.25, 0.3) is 0 Å². The summed E-state index contributed by atoms with van der Waals surface area (Å²) in [6.45, 7) is 3.22. The molecule has 1 amide bonds. The van der Waals surface area contributed by atoms with Crippen LogP contribution < -0.4 is 0 Å². The van der Waals surface area contributed by atoms with Gasteiger partial charge in [0.15, 0.2) is 0 Å². The lowest BCUT2D eigenvalue weighted by atomic mass is 10.2. The fraction of sp³-hybridized carbons (Fsp3) is 0.353. The van der Waals surface area contributed by atoms with Gasteiger partial charge < -0.3 is 4.90 Å². The zero-order valence-corrected chi connectivity index (χ0v) is 14.8. The van der Waals surface area contributed by atoms with Gasteiger partial charge in [-0.2, -0.15) is 4.31 Å². The normalized spacial score (nSPS) is 16.0. The summed E-state index contributed by atoms with van der Waals surface area (Å²) in [7, 11) is -3.40. The Bertz CT molecular complexity index is 847. The number of hydrogen-bond donors (Lipinski definition) is 0. The SMILES string of the molecule is Cc1cccc(CS(=O)(=O)N2CCN(C(=O)c3cnccn3)CC2)c1. The molecule has 25 heavy (non-hydrogen) atoms. The second kappa shape index (κ2) is 7.28. The molecule has 1 aliphatic heterocycles. The van der Waals surface area contributed by atoms with Crippen LogP contribution in [0.5, 0.6) is 0 Å². The number of carbonyl (C=O) groups is 1. The lowest BCUT2D eigenvalue weighted by Crippen LogP contribution is -2.50. The number of nitrogens with zero attached hydrogens (tertiary/aromatic N) is 4. The van der Waals surface area contributed by atoms with E-state index >= 15 is 0 Å². The van der Waals surface area contributed by atoms with Crippen LogP contribution in [0, 0.1) is 6.92 Å². The van der Waals surface area contributed by atoms with Crippen molar-refractivity contribution in [3.05, 3.63) is 59.7 Å². The molecule has 0 aliphatic carbocycles. The van der Waals surface area contributed by atoms with Crippen LogP contribution in [0.2, 0.25) is 0 Å². The predicted octanol–water partition coefficient (Wildman–Crippen LogP) is 1.07. The topological polar surface area (TPSA) is 83.5 Å². The van der Waals surface area contributed by atoms with E-state index in [0.717, 1.165) is 11.1 Å². The van der Waals surface area contributed by atoms with Crippen molar-refractivity contribution in [3.63, 3.8) is 0 Å². The van der Waals surface area contributed by atoms with Crippen molar-refractivity contribution < 1.29 is 13.2 Å². The van der Waals surface area contributed by atoms with Gasteiger partial charge in [0, 0.05) is 38.6 Å². The number of aromatic nitrogens is 2. The van der Waals surface area contributed by atoms with Crippen molar-refractivity contribution in [1.82, 2.24) is 19.2 Å². The molecule has 0 saturated carbocycles. The number of sulfonamides is 1. The monoisotopic (exact) mass is 360 g/mol. The number of piperazine rings is 1. The molecule has 0 bridgehead atoms. The molecule has 8 heteroatoms. The minimum atomic E-state index is -3.40. The minimum absolute atomic E-state index is 0.0210. The third kappa shape index (κ3) is 4.21. The van der Waals surface area contributed by atoms with Crippen molar-refractivity contribution in [3.8, 4) is 0 Å². The van der Waals surface area contributed by atoms with Crippen molar-refractivity contribution in [2.24, 2.45) is 0 Å². The number of amides is 1. The lowest BCUT2D eigenvalue weighted by Gasteiger charge is -2.33. The molecule has 1 aromatic carbocycles. The van der Waals surface area contributed by atoms with Gasteiger partial charge in [-0.25, -0.2) is 13.4 Å². The van der Waals surface area contributed by atoms with E-state index in [1.54, 1.807) is 4.90 Å². The van der Waals surface area contributed by atoms with Gasteiger partial charge >= 0.3 is 0 Å². The minimum Gasteiger partial charge on any atom is -0.335 e. The van der Waals surface area contributed by atoms with Crippen LogP contribution in [0.4, 0.5) is 0 Å². The van der Waals surface area contributed by atoms with E-state index in [1.165, 1.54) is 22.9 Å². The third-order valence-corrected chi connectivity index (χ3v) is 5.98. The van der Waals surface area contributed by atoms with E-state index < -0.39 is 10.0 Å². The lowest BCUT2D eigenvalue weighted by molar-refractivity contribution is 0.0691. The molecule has 0 atom stereocenters. The Morgan fingerprint density at radius 1 is 1.16 bits per heavy atom. The molecule has 1 saturated heterocycles. The summed E-state index contributed by atoms with van der Waals surface area (Å²) >= 11 is 0. The Morgan fingerprint density at radius 2 is 1.92 bits per heavy atom. The molecule has 1 aromatic heterocycles. The summed E-state index contributed by atoms with van der Waals surface area (Å²) in [4.78, 5) is 21.8. The molecular formula is C17H20N4O3S. The average molecular weight is 360 g/mol. The number of hydrogen-bond acceptors (Lipinski definition) is 5. The van der Waals surface area contributed by atoms with Crippen LogP contribution >= 0.6 is 0 Å². The summed E-state index contributed by atoms with van der Waals surface area (Å²) in [6, 6.07) is 7.49. The van der Waals surface area contributed by atoms with E-state index in [9.17, 15) is 13.2 Å². The first-order valence-electron chi connectivity index (χ1n) is 8.04. The highest BCUT2D eigenvalue weighted by molar-refractivity contribution is 7.88. The van der Waals surface area contributed by atoms with Gasteiger partial charge in [0.05, 0.1) is 11.9 Å². The second-order valence-electron chi connectivity index (χ2n) is 6.03. The maximum absolute atomic E-state index is 12.6. The van der Waals surface area contributed by atoms with Gasteiger partial charge in [0.1, 0.15) is 5.69 Å². The van der Waals surface area contributed by atoms with Crippen molar-refractivity contribution in [2.45, 2.75) is 12.7 Å². The number of carbonyl (C=O) groups excluding carboxylic acids is 1. The molecule has 0 radical (unpaired) electrons. The molecule has 2 heterocycles. The summed E-state index contributed by atoms with van der Waals surface area (Å²) < 4.78 is 26.7. The highest BCUT2D eigenvalue weighted by Gasteiger charge is 2.29. The quantitative estimate of drug-likeness (QED) is 0.814. The summed E-state index contributed by atoms with van der Waals surface area (Å²) in [5.41, 5.74) is 2.09. The Morgan fingerprint density at radius 3 is 2.56 bits per heavy atom. The molecule has 0 N–H and O–H groups in total. The zero-order valence-electron chi connectivity index (χ0n) is 14.0. The van der Waals surface area contributed by atoms with Gasteiger partial charge in [-0.05, 0) is 12.5 Å². The van der Waals surface area contributed by atoms with Gasteiger partial charge in [0.25, 0.3) is 5.91 Å². The van der Waals surface area contributed by atoms with E-state index in [4.69, 9.17) is 0 Å². The molecule has 3 rings (SSSR count). The Hall–Kier alpha value is -2.32. The summed E-state index contributed by atoms with van der Waals surface area (Å²) in [5.74, 6) is -0.240. The number of rotatable bonds is 4. The van der Waals surface area contributed by atoms with Crippen LogP contribution in [0.1, 0.15) is 21.6 Å². The Balaban J connectivity index is 1.62. The molecule has 1 aliphatic rings. The Labute approximate surface area is 147 Å². The molecule has 2 aromatic rings. The van der Waals surface area contributed by atoms with E-state index in [1.807, 2.05) is 31.2 Å². The zero-order chi connectivity index (χ0) is 17.9. The van der Waals surface area contributed by atoms with Crippen molar-refractivity contribution in [1.29, 1.82) is 0 Å². The fourth-order valence-corrected chi connectivity index (χ4v) is 4.35. The maximum Gasteiger partial charge on any atom is 0.274 e. The highest BCUT2D eigenvalue weighted by Crippen LogP contribution is 2.15. The molecular weight excluding hydrogens is 340 g/mol. The highest BCUT2D eigenvalue weighted by atomic mass is 32.2. The number of aryl methyl sites for hydroxylation is 1. The molecule has 7 nitrogen and oxygen atoms in total. The molecule has 0 spiro atoms. The fourth-order valence-electron chi connectivity index (χ4n) is 2.84. The predicted molar refractivity (Wildman–Crippen MR) is 93.3 cm³/mol. The Kier molecular flexibility index (Phi) is 5.10. The van der Waals surface area contributed by atoms with E-state index in [2.05, 4.69) is 9.97 Å². The van der Waals surface area contributed by atoms with Crippen LogP contribution in [0.15, 0.2) is 42.9 Å². The van der Waals surface area contributed by atoms with Crippen LogP contribution in [-0.2, 0) is 15.8 Å². The third-order valence-electron chi connectivity index (χ3n) is 4.13. The number of benzene rings is 1. The summed E-state index contributed by atoms with van der Waals surface area (Å²) in [5, 5.41) is 0. The average Bonchev–Trinajstić information content (AvgIpc) is 2.61. The smallest absolute Gasteiger partial charge is 0.274 e. The van der Waals surface area contributed by atoms with Crippen molar-refractivity contribution in [2.75, 3.05) is 26.2 Å². The van der Waals surface area contributed by atoms with E-state index in [0.29, 0.717) is 26.2 Å². The molecule has 1 fully saturated rings. The molecule has 132 valence electrons. The maximum atomic E-state index is 12.6. The first-order chi connectivity index (χ1) is 12.0. The van der Waals surface area contributed by atoms with Gasteiger partial charge in [-0.1, -0.05) is 29.8 Å². The van der Waals surface area contributed by atoms with Crippen molar-refractivity contribution >= 4 is 15.9 Å². The largest absolute Gasteiger partial charge is 0.335 e. The van der Waals surface area contributed by atoms with Crippen LogP contribution in [-0.4, -0.2) is 59.7 Å². The first-order valence-corrected chi connectivity index (χ1v) is 9.65. The van der Waals surface area contributed by atoms with Gasteiger partial charge in [0.2, 0.25) is 10.0 Å². The van der Waals surface area contributed by atoms with E-state index in [-0.39, 0.29) is 17.4 Å². The first kappa shape index (κ1) is 17.5. The van der Waals surface area contributed by atoms with Gasteiger partial charge in [-0.15, -0.1) is 0 Å². The van der Waals surface area contributed by atoms with Gasteiger partial charge in [-0.3, -0.25) is 9.78 Å². The summed E-state index contributed by atoms with van der Waals surface area (Å²) in [6.07, 6.45) is 4.39. The standard InChI is InChI=1S/C17H20N4O3S/c1-14-3-2-4-15(11-14)13-25(23,24)21-9-7-20(8-10-21)17(22)16-12-18-5-6-19-16/h2-6,11-12H,7-10,13H2,1H3. The molecule has 0 unspecified atom stereocenters.